The van der Waals surface area contributed by atoms with Gasteiger partial charge in [0.05, 0.1) is 13.2 Å². The Morgan fingerprint density at radius 2 is 1.94 bits per heavy atom. The summed E-state index contributed by atoms with van der Waals surface area (Å²) in [6, 6.07) is 2.07. The van der Waals surface area contributed by atoms with Crippen LogP contribution in [0.25, 0.3) is 0 Å². The number of piperidine rings is 1. The molecule has 180 valence electrons. The maximum absolute atomic E-state index is 13.3. The zero-order valence-electron chi connectivity index (χ0n) is 19.7. The topological polar surface area (TPSA) is 100 Å². The molecule has 1 aromatic rings. The van der Waals surface area contributed by atoms with Crippen molar-refractivity contribution in [2.24, 2.45) is 5.92 Å². The van der Waals surface area contributed by atoms with Gasteiger partial charge in [-0.05, 0) is 56.6 Å². The molecule has 1 aromatic heterocycles. The normalized spacial score (nSPS) is 19.4. The number of likely N-dealkylation sites (tertiary alicyclic amines) is 1. The molecule has 2 aliphatic heterocycles. The molecule has 1 N–H and O–H groups in total. The fraction of sp³-hybridized carbons (Fsp3) is 0.708. The summed E-state index contributed by atoms with van der Waals surface area (Å²) in [4.78, 5) is 38.7. The van der Waals surface area contributed by atoms with Gasteiger partial charge in [-0.2, -0.15) is 0 Å². The number of amides is 1. The zero-order valence-corrected chi connectivity index (χ0v) is 19.7. The van der Waals surface area contributed by atoms with Crippen LogP contribution in [0.5, 0.6) is 0 Å². The first-order chi connectivity index (χ1) is 15.4. The highest BCUT2D eigenvalue weighted by molar-refractivity contribution is 5.95. The summed E-state index contributed by atoms with van der Waals surface area (Å²) in [5, 5.41) is 6.89. The molecule has 3 rings (SSSR count). The highest BCUT2D eigenvalue weighted by Crippen LogP contribution is 2.23. The van der Waals surface area contributed by atoms with Crippen molar-refractivity contribution in [1.29, 1.82) is 0 Å². The fourth-order valence-electron chi connectivity index (χ4n) is 4.35. The van der Waals surface area contributed by atoms with E-state index >= 15 is 0 Å². The van der Waals surface area contributed by atoms with Crippen LogP contribution in [-0.4, -0.2) is 72.7 Å². The fourth-order valence-corrected chi connectivity index (χ4v) is 4.35. The largest absolute Gasteiger partial charge is 0.483 e. The molecule has 2 aliphatic rings. The molecule has 8 heteroatoms. The number of carbonyl (C=O) groups excluding carboxylic acids is 1. The predicted molar refractivity (Wildman–Crippen MR) is 122 cm³/mol. The lowest BCUT2D eigenvalue weighted by Gasteiger charge is -2.37. The summed E-state index contributed by atoms with van der Waals surface area (Å²) in [5.74, 6) is 1.07. The van der Waals surface area contributed by atoms with Crippen molar-refractivity contribution in [2.45, 2.75) is 65.3 Å². The van der Waals surface area contributed by atoms with Gasteiger partial charge < -0.3 is 19.2 Å². The lowest BCUT2D eigenvalue weighted by atomic mass is 9.97. The van der Waals surface area contributed by atoms with Crippen LogP contribution in [0.15, 0.2) is 15.3 Å². The van der Waals surface area contributed by atoms with Gasteiger partial charge in [-0.25, -0.2) is 4.79 Å². The molecule has 1 unspecified atom stereocenters. The molecular weight excluding hydrogens is 412 g/mol. The Morgan fingerprint density at radius 1 is 1.25 bits per heavy atom. The van der Waals surface area contributed by atoms with Crippen LogP contribution in [0.4, 0.5) is 0 Å². The van der Waals surface area contributed by atoms with Crippen molar-refractivity contribution in [3.63, 3.8) is 0 Å². The van der Waals surface area contributed by atoms with E-state index in [-0.39, 0.29) is 24.0 Å². The first-order valence-corrected chi connectivity index (χ1v) is 11.7. The summed E-state index contributed by atoms with van der Waals surface area (Å²) >= 11 is 0. The Hall–Kier alpha value is -2.19. The number of aryl methyl sites for hydroxylation is 2. The number of carboxylic acid groups (broad SMARTS) is 1. The minimum Gasteiger partial charge on any atom is -0.483 e. The van der Waals surface area contributed by atoms with E-state index in [0.29, 0.717) is 11.7 Å². The molecule has 2 fully saturated rings. The van der Waals surface area contributed by atoms with Crippen LogP contribution in [0.2, 0.25) is 0 Å². The maximum Gasteiger partial charge on any atom is 0.349 e. The van der Waals surface area contributed by atoms with E-state index in [1.165, 1.54) is 0 Å². The highest BCUT2D eigenvalue weighted by atomic mass is 16.5. The molecule has 0 saturated carbocycles. The third kappa shape index (κ3) is 7.74. The molecule has 32 heavy (non-hydrogen) atoms. The van der Waals surface area contributed by atoms with E-state index in [1.54, 1.807) is 0 Å². The summed E-state index contributed by atoms with van der Waals surface area (Å²) in [6.07, 6.45) is 5.78. The molecule has 0 aliphatic carbocycles. The number of ether oxygens (including phenoxy) is 1. The van der Waals surface area contributed by atoms with Gasteiger partial charge in [0, 0.05) is 38.6 Å². The van der Waals surface area contributed by atoms with Gasteiger partial charge in [0.2, 0.25) is 0 Å². The van der Waals surface area contributed by atoms with E-state index in [4.69, 9.17) is 19.1 Å². The predicted octanol–water partition coefficient (Wildman–Crippen LogP) is 2.95. The Morgan fingerprint density at radius 3 is 2.56 bits per heavy atom. The van der Waals surface area contributed by atoms with Gasteiger partial charge in [-0.1, -0.05) is 13.8 Å². The van der Waals surface area contributed by atoms with Gasteiger partial charge in [-0.15, -0.1) is 0 Å². The highest BCUT2D eigenvalue weighted by Gasteiger charge is 2.31. The van der Waals surface area contributed by atoms with Crippen molar-refractivity contribution in [3.05, 3.63) is 33.4 Å². The molecular formula is C24H38N2O6. The molecule has 1 atom stereocenters. The summed E-state index contributed by atoms with van der Waals surface area (Å²) in [5.41, 5.74) is 0.477. The number of rotatable bonds is 7. The van der Waals surface area contributed by atoms with Crippen molar-refractivity contribution < 1.29 is 23.8 Å². The van der Waals surface area contributed by atoms with Gasteiger partial charge in [0.1, 0.15) is 11.3 Å². The summed E-state index contributed by atoms with van der Waals surface area (Å²) in [6.45, 7) is 11.1. The lowest BCUT2D eigenvalue weighted by Crippen LogP contribution is -2.47. The second-order valence-electron chi connectivity index (χ2n) is 8.99. The zero-order chi connectivity index (χ0) is 23.5. The van der Waals surface area contributed by atoms with Crippen LogP contribution in [0, 0.1) is 12.8 Å². The van der Waals surface area contributed by atoms with Crippen molar-refractivity contribution in [3.8, 4) is 0 Å². The van der Waals surface area contributed by atoms with Crippen LogP contribution >= 0.6 is 0 Å². The number of nitrogens with zero attached hydrogens (tertiary/aromatic N) is 2. The SMILES string of the molecule is Cc1cc(CCC(C)C)oc(=O)c1C(=O)N1CCCCC1CCN1CCOCC1.O=CO. The van der Waals surface area contributed by atoms with Crippen LogP contribution in [0.3, 0.4) is 0 Å². The van der Waals surface area contributed by atoms with Crippen molar-refractivity contribution in [1.82, 2.24) is 9.80 Å². The molecule has 1 amide bonds. The van der Waals surface area contributed by atoms with E-state index < -0.39 is 5.63 Å². The van der Waals surface area contributed by atoms with E-state index in [2.05, 4.69) is 18.7 Å². The Bertz CT molecular complexity index is 785. The van der Waals surface area contributed by atoms with E-state index in [9.17, 15) is 9.59 Å². The van der Waals surface area contributed by atoms with Crippen LogP contribution in [-0.2, 0) is 16.0 Å². The molecule has 2 saturated heterocycles. The second-order valence-corrected chi connectivity index (χ2v) is 8.99. The quantitative estimate of drug-likeness (QED) is 0.638. The van der Waals surface area contributed by atoms with E-state index in [0.717, 1.165) is 83.5 Å². The van der Waals surface area contributed by atoms with Crippen molar-refractivity contribution >= 4 is 12.4 Å². The van der Waals surface area contributed by atoms with Crippen LogP contribution in [0.1, 0.15) is 67.6 Å². The number of morpholine rings is 1. The second kappa shape index (κ2) is 13.4. The monoisotopic (exact) mass is 450 g/mol. The van der Waals surface area contributed by atoms with Gasteiger partial charge in [0.25, 0.3) is 12.4 Å². The molecule has 0 bridgehead atoms. The molecule has 0 aromatic carbocycles. The maximum atomic E-state index is 13.3. The van der Waals surface area contributed by atoms with Gasteiger partial charge in [-0.3, -0.25) is 14.5 Å². The van der Waals surface area contributed by atoms with Crippen molar-refractivity contribution in [2.75, 3.05) is 39.4 Å². The Kier molecular flexibility index (Phi) is 10.9. The molecule has 0 radical (unpaired) electrons. The van der Waals surface area contributed by atoms with Gasteiger partial charge >= 0.3 is 5.63 Å². The smallest absolute Gasteiger partial charge is 0.349 e. The third-order valence-electron chi connectivity index (χ3n) is 6.15. The average molecular weight is 451 g/mol. The number of hydrogen-bond donors (Lipinski definition) is 1. The van der Waals surface area contributed by atoms with E-state index in [1.807, 2.05) is 17.9 Å². The lowest BCUT2D eigenvalue weighted by molar-refractivity contribution is -0.122. The van der Waals surface area contributed by atoms with Gasteiger partial charge in [0.15, 0.2) is 0 Å². The summed E-state index contributed by atoms with van der Waals surface area (Å²) < 4.78 is 10.9. The summed E-state index contributed by atoms with van der Waals surface area (Å²) in [7, 11) is 0. The first-order valence-electron chi connectivity index (χ1n) is 11.7. The standard InChI is InChI=1S/C23H36N2O4.CH2O2/c1-17(2)7-8-20-16-18(3)21(23(27)29-20)22(26)25-10-5-4-6-19(25)9-11-24-12-14-28-15-13-24;2-1-3/h16-17,19H,4-15H2,1-3H3;1H,(H,2,3). The number of hydrogen-bond acceptors (Lipinski definition) is 6. The Balaban J connectivity index is 0.00000114. The molecule has 0 spiro atoms. The molecule has 3 heterocycles. The van der Waals surface area contributed by atoms with Crippen LogP contribution < -0.4 is 5.63 Å². The average Bonchev–Trinajstić information content (AvgIpc) is 2.77. The molecule has 8 nitrogen and oxygen atoms in total. The number of carbonyl (C=O) groups is 2. The third-order valence-corrected chi connectivity index (χ3v) is 6.15. The first kappa shape index (κ1) is 26.1. The minimum atomic E-state index is -0.480. The Labute approximate surface area is 190 Å². The minimum absolute atomic E-state index is 0.154.